The summed E-state index contributed by atoms with van der Waals surface area (Å²) in [5.41, 5.74) is 2.51. The second kappa shape index (κ2) is 9.46. The minimum Gasteiger partial charge on any atom is -0.349 e. The summed E-state index contributed by atoms with van der Waals surface area (Å²) in [6.45, 7) is 0.958. The van der Waals surface area contributed by atoms with Crippen molar-refractivity contribution in [3.8, 4) is 0 Å². The molecule has 0 saturated heterocycles. The molecule has 0 spiro atoms. The largest absolute Gasteiger partial charge is 0.349 e. The molecule has 0 bridgehead atoms. The number of hydrogen-bond donors (Lipinski definition) is 1. The zero-order chi connectivity index (χ0) is 15.2. The van der Waals surface area contributed by atoms with E-state index in [-0.39, 0.29) is 17.0 Å². The molecular weight excluding hydrogens is 348 g/mol. The lowest BCUT2D eigenvalue weighted by Crippen LogP contribution is -2.35. The van der Waals surface area contributed by atoms with Gasteiger partial charge in [0, 0.05) is 18.2 Å². The maximum atomic E-state index is 8.55. The second-order valence-electron chi connectivity index (χ2n) is 7.05. The molecule has 1 aliphatic heterocycles. The Kier molecular flexibility index (Phi) is 7.61. The standard InChI is InChI=1S/C20H30N2.BrH/c21-20-19-15-11-10-12-17(19)16-22(20)18-13-8-6-4-2-1-3-5-7-9-14-18;/h10-12,15,18,21H,1-9,13-14,16H2;1H. The summed E-state index contributed by atoms with van der Waals surface area (Å²) in [5, 5.41) is 8.55. The van der Waals surface area contributed by atoms with Crippen molar-refractivity contribution in [3.63, 3.8) is 0 Å². The van der Waals surface area contributed by atoms with Gasteiger partial charge in [0.2, 0.25) is 0 Å². The highest BCUT2D eigenvalue weighted by Gasteiger charge is 2.29. The zero-order valence-corrected chi connectivity index (χ0v) is 15.9. The fourth-order valence-corrected chi connectivity index (χ4v) is 4.07. The summed E-state index contributed by atoms with van der Waals surface area (Å²) in [7, 11) is 0. The number of nitrogens with one attached hydrogen (secondary N) is 1. The lowest BCUT2D eigenvalue weighted by Gasteiger charge is -2.30. The molecule has 3 heteroatoms. The van der Waals surface area contributed by atoms with Gasteiger partial charge in [0.1, 0.15) is 5.84 Å². The molecule has 2 nitrogen and oxygen atoms in total. The van der Waals surface area contributed by atoms with Crippen molar-refractivity contribution in [2.24, 2.45) is 0 Å². The van der Waals surface area contributed by atoms with Crippen LogP contribution in [0.25, 0.3) is 0 Å². The van der Waals surface area contributed by atoms with Crippen LogP contribution in [0.3, 0.4) is 0 Å². The highest BCUT2D eigenvalue weighted by atomic mass is 79.9. The van der Waals surface area contributed by atoms with Crippen molar-refractivity contribution >= 4 is 22.8 Å². The van der Waals surface area contributed by atoms with Gasteiger partial charge in [0.25, 0.3) is 0 Å². The Morgan fingerprint density at radius 3 is 1.87 bits per heavy atom. The molecule has 128 valence electrons. The predicted octanol–water partition coefficient (Wildman–Crippen LogP) is 6.08. The van der Waals surface area contributed by atoms with Crippen molar-refractivity contribution < 1.29 is 0 Å². The van der Waals surface area contributed by atoms with E-state index in [9.17, 15) is 0 Å². The van der Waals surface area contributed by atoms with Crippen molar-refractivity contribution in [1.82, 2.24) is 4.90 Å². The molecule has 23 heavy (non-hydrogen) atoms. The first-order valence-electron chi connectivity index (χ1n) is 9.30. The molecular formula is C20H31BrN2. The number of fused-ring (bicyclic) bond motifs is 1. The number of nitrogens with zero attached hydrogens (tertiary/aromatic N) is 1. The normalized spacial score (nSPS) is 21.0. The highest BCUT2D eigenvalue weighted by Crippen LogP contribution is 2.29. The average Bonchev–Trinajstić information content (AvgIpc) is 2.86. The summed E-state index contributed by atoms with van der Waals surface area (Å²) in [5.74, 6) is 0.771. The van der Waals surface area contributed by atoms with Crippen molar-refractivity contribution in [1.29, 1.82) is 5.41 Å². The SMILES string of the molecule is Br.N=C1c2ccccc2CN1C1CCCCCCCCCCC1. The Bertz CT molecular complexity index is 488. The molecule has 1 fully saturated rings. The van der Waals surface area contributed by atoms with E-state index in [1.807, 2.05) is 0 Å². The summed E-state index contributed by atoms with van der Waals surface area (Å²) in [6, 6.07) is 9.07. The first-order chi connectivity index (χ1) is 10.9. The Hall–Kier alpha value is -0.830. The Morgan fingerprint density at radius 1 is 0.783 bits per heavy atom. The quantitative estimate of drug-likeness (QED) is 0.629. The zero-order valence-electron chi connectivity index (χ0n) is 14.2. The fraction of sp³-hybridized carbons (Fsp3) is 0.650. The van der Waals surface area contributed by atoms with Crippen molar-refractivity contribution in [2.45, 2.75) is 83.2 Å². The van der Waals surface area contributed by atoms with Crippen LogP contribution in [0.1, 0.15) is 81.8 Å². The van der Waals surface area contributed by atoms with Crippen LogP contribution in [0.15, 0.2) is 24.3 Å². The number of hydrogen-bond acceptors (Lipinski definition) is 1. The van der Waals surface area contributed by atoms with Crippen LogP contribution < -0.4 is 0 Å². The van der Waals surface area contributed by atoms with Crippen LogP contribution in [-0.4, -0.2) is 16.8 Å². The molecule has 1 aromatic carbocycles. The molecule has 0 atom stereocenters. The first-order valence-corrected chi connectivity index (χ1v) is 9.30. The minimum absolute atomic E-state index is 0. The van der Waals surface area contributed by atoms with Gasteiger partial charge in [-0.3, -0.25) is 5.41 Å². The summed E-state index contributed by atoms with van der Waals surface area (Å²) in [6.07, 6.45) is 15.1. The Labute approximate surface area is 151 Å². The fourth-order valence-electron chi connectivity index (χ4n) is 4.07. The van der Waals surface area contributed by atoms with Gasteiger partial charge >= 0.3 is 0 Å². The number of benzene rings is 1. The van der Waals surface area contributed by atoms with Gasteiger partial charge in [0.05, 0.1) is 0 Å². The second-order valence-corrected chi connectivity index (χ2v) is 7.05. The van der Waals surface area contributed by atoms with Crippen LogP contribution in [0.2, 0.25) is 0 Å². The molecule has 1 aliphatic carbocycles. The molecule has 1 N–H and O–H groups in total. The first kappa shape index (κ1) is 18.5. The van der Waals surface area contributed by atoms with Gasteiger partial charge in [-0.25, -0.2) is 0 Å². The molecule has 0 unspecified atom stereocenters. The Balaban J connectivity index is 0.00000192. The van der Waals surface area contributed by atoms with Crippen LogP contribution in [0.5, 0.6) is 0 Å². The average molecular weight is 379 g/mol. The van der Waals surface area contributed by atoms with Gasteiger partial charge in [-0.1, -0.05) is 82.1 Å². The molecule has 3 rings (SSSR count). The van der Waals surface area contributed by atoms with E-state index < -0.39 is 0 Å². The van der Waals surface area contributed by atoms with Gasteiger partial charge in [0.15, 0.2) is 0 Å². The maximum Gasteiger partial charge on any atom is 0.128 e. The molecule has 2 aliphatic rings. The molecule has 0 radical (unpaired) electrons. The Morgan fingerprint density at radius 2 is 1.30 bits per heavy atom. The molecule has 1 aromatic rings. The van der Waals surface area contributed by atoms with E-state index >= 15 is 0 Å². The van der Waals surface area contributed by atoms with E-state index in [4.69, 9.17) is 5.41 Å². The van der Waals surface area contributed by atoms with E-state index in [2.05, 4.69) is 29.2 Å². The third-order valence-corrected chi connectivity index (χ3v) is 5.42. The summed E-state index contributed by atoms with van der Waals surface area (Å²) in [4.78, 5) is 2.39. The van der Waals surface area contributed by atoms with Crippen molar-refractivity contribution in [2.75, 3.05) is 0 Å². The van der Waals surface area contributed by atoms with Crippen LogP contribution in [0, 0.1) is 5.41 Å². The number of rotatable bonds is 1. The van der Waals surface area contributed by atoms with Crippen LogP contribution in [-0.2, 0) is 6.54 Å². The minimum atomic E-state index is 0. The maximum absolute atomic E-state index is 8.55. The van der Waals surface area contributed by atoms with Gasteiger partial charge in [-0.2, -0.15) is 0 Å². The summed E-state index contributed by atoms with van der Waals surface area (Å²) < 4.78 is 0. The smallest absolute Gasteiger partial charge is 0.128 e. The third kappa shape index (κ3) is 4.82. The topological polar surface area (TPSA) is 27.1 Å². The molecule has 1 saturated carbocycles. The predicted molar refractivity (Wildman–Crippen MR) is 104 cm³/mol. The van der Waals surface area contributed by atoms with Gasteiger partial charge < -0.3 is 4.90 Å². The molecule has 1 heterocycles. The van der Waals surface area contributed by atoms with E-state index in [0.29, 0.717) is 6.04 Å². The van der Waals surface area contributed by atoms with E-state index in [1.165, 1.54) is 76.2 Å². The summed E-state index contributed by atoms with van der Waals surface area (Å²) >= 11 is 0. The number of amidine groups is 1. The molecule has 0 aromatic heterocycles. The van der Waals surface area contributed by atoms with Crippen LogP contribution >= 0.6 is 17.0 Å². The molecule has 0 amide bonds. The lowest BCUT2D eigenvalue weighted by atomic mass is 9.97. The lowest BCUT2D eigenvalue weighted by molar-refractivity contribution is 0.266. The monoisotopic (exact) mass is 378 g/mol. The van der Waals surface area contributed by atoms with E-state index in [0.717, 1.165) is 17.9 Å². The van der Waals surface area contributed by atoms with Crippen molar-refractivity contribution in [3.05, 3.63) is 35.4 Å². The third-order valence-electron chi connectivity index (χ3n) is 5.42. The van der Waals surface area contributed by atoms with Gasteiger partial charge in [-0.15, -0.1) is 17.0 Å². The highest BCUT2D eigenvalue weighted by molar-refractivity contribution is 8.93. The van der Waals surface area contributed by atoms with Crippen LogP contribution in [0.4, 0.5) is 0 Å². The number of halogens is 1. The van der Waals surface area contributed by atoms with E-state index in [1.54, 1.807) is 0 Å². The van der Waals surface area contributed by atoms with Gasteiger partial charge in [-0.05, 0) is 18.4 Å².